The first-order valence-electron chi connectivity index (χ1n) is 9.08. The molecule has 6 atom stereocenters. The molecule has 3 nitrogen and oxygen atoms in total. The minimum atomic E-state index is -0.780. The van der Waals surface area contributed by atoms with Gasteiger partial charge >= 0.3 is 0 Å². The summed E-state index contributed by atoms with van der Waals surface area (Å²) in [4.78, 5) is 0. The van der Waals surface area contributed by atoms with Crippen LogP contribution in [0.1, 0.15) is 66.2 Å². The van der Waals surface area contributed by atoms with E-state index in [9.17, 15) is 5.11 Å². The summed E-state index contributed by atoms with van der Waals surface area (Å²) in [5, 5.41) is 10.9. The molecule has 0 aliphatic carbocycles. The zero-order valence-corrected chi connectivity index (χ0v) is 15.1. The second-order valence-corrected chi connectivity index (χ2v) is 8.46. The molecule has 0 aromatic heterocycles. The van der Waals surface area contributed by atoms with E-state index in [2.05, 4.69) is 33.4 Å². The summed E-state index contributed by atoms with van der Waals surface area (Å²) < 4.78 is 12.4. The van der Waals surface area contributed by atoms with Gasteiger partial charge < -0.3 is 14.6 Å². The number of hydrogen-bond donors (Lipinski definition) is 1. The van der Waals surface area contributed by atoms with Gasteiger partial charge in [0.1, 0.15) is 0 Å². The highest BCUT2D eigenvalue weighted by molar-refractivity contribution is 5.12. The summed E-state index contributed by atoms with van der Waals surface area (Å²) in [6.07, 6.45) is 8.24. The average Bonchev–Trinajstić information content (AvgIpc) is 2.88. The van der Waals surface area contributed by atoms with Crippen LogP contribution in [-0.2, 0) is 9.47 Å². The van der Waals surface area contributed by atoms with Gasteiger partial charge in [0.05, 0.1) is 29.5 Å². The minimum Gasteiger partial charge on any atom is -0.387 e. The molecule has 3 rings (SSSR count). The van der Waals surface area contributed by atoms with Gasteiger partial charge in [0.25, 0.3) is 0 Å². The summed E-state index contributed by atoms with van der Waals surface area (Å²) in [6.45, 7) is 12.6. The topological polar surface area (TPSA) is 42.0 Å². The first-order valence-corrected chi connectivity index (χ1v) is 9.08. The molecule has 0 amide bonds. The number of ether oxygens (including phenoxy) is 2. The van der Waals surface area contributed by atoms with Gasteiger partial charge in [-0.1, -0.05) is 23.8 Å². The van der Waals surface area contributed by atoms with Crippen molar-refractivity contribution in [3.05, 3.63) is 23.8 Å². The van der Waals surface area contributed by atoms with E-state index in [1.165, 1.54) is 5.57 Å². The Balaban J connectivity index is 1.82. The van der Waals surface area contributed by atoms with Crippen LogP contribution in [0.15, 0.2) is 23.8 Å². The van der Waals surface area contributed by atoms with E-state index >= 15 is 0 Å². The van der Waals surface area contributed by atoms with Crippen LogP contribution in [0.3, 0.4) is 0 Å². The Hall–Kier alpha value is -0.640. The summed E-state index contributed by atoms with van der Waals surface area (Å²) in [5.41, 5.74) is 1.73. The number of aliphatic hydroxyl groups is 1. The molecule has 3 heterocycles. The molecule has 3 aliphatic heterocycles. The Morgan fingerprint density at radius 2 is 2.09 bits per heavy atom. The third-order valence-corrected chi connectivity index (χ3v) is 6.17. The van der Waals surface area contributed by atoms with E-state index in [0.717, 1.165) is 44.1 Å². The molecule has 1 N–H and O–H groups in total. The van der Waals surface area contributed by atoms with E-state index in [1.54, 1.807) is 0 Å². The fourth-order valence-corrected chi connectivity index (χ4v) is 4.32. The lowest BCUT2D eigenvalue weighted by atomic mass is 9.83. The number of allylic oxidation sites excluding steroid dienone is 2. The van der Waals surface area contributed by atoms with Crippen LogP contribution in [0.5, 0.6) is 0 Å². The van der Waals surface area contributed by atoms with Crippen LogP contribution in [0.2, 0.25) is 0 Å². The summed E-state index contributed by atoms with van der Waals surface area (Å²) in [5.74, 6) is 0.327. The quantitative estimate of drug-likeness (QED) is 0.583. The lowest BCUT2D eigenvalue weighted by Crippen LogP contribution is -2.39. The van der Waals surface area contributed by atoms with Crippen LogP contribution >= 0.6 is 0 Å². The normalized spacial score (nSPS) is 47.6. The fourth-order valence-electron chi connectivity index (χ4n) is 4.32. The zero-order valence-electron chi connectivity index (χ0n) is 15.1. The van der Waals surface area contributed by atoms with E-state index < -0.39 is 5.60 Å². The van der Waals surface area contributed by atoms with E-state index in [0.29, 0.717) is 12.0 Å². The van der Waals surface area contributed by atoms with Crippen LogP contribution in [-0.4, -0.2) is 34.6 Å². The predicted molar refractivity (Wildman–Crippen MR) is 92.3 cm³/mol. The molecule has 0 radical (unpaired) electrons. The van der Waals surface area contributed by atoms with Crippen molar-refractivity contribution in [2.45, 2.75) is 95.7 Å². The molecule has 2 bridgehead atoms. The Bertz CT molecular complexity index is 507. The average molecular weight is 320 g/mol. The number of hydrogen-bond acceptors (Lipinski definition) is 3. The lowest BCUT2D eigenvalue weighted by Gasteiger charge is -2.30. The highest BCUT2D eigenvalue weighted by atomic mass is 16.6. The van der Waals surface area contributed by atoms with Gasteiger partial charge in [0.15, 0.2) is 0 Å². The van der Waals surface area contributed by atoms with Gasteiger partial charge in [-0.2, -0.15) is 0 Å². The SMILES string of the molecule is C=C(C)C1CC2OC1CC1(C)OC1CCC(C)=CCCC2(C)O. The molecular formula is C20H32O3. The Morgan fingerprint density at radius 1 is 1.35 bits per heavy atom. The third kappa shape index (κ3) is 3.57. The van der Waals surface area contributed by atoms with Crippen molar-refractivity contribution in [1.29, 1.82) is 0 Å². The van der Waals surface area contributed by atoms with Gasteiger partial charge in [0.2, 0.25) is 0 Å². The van der Waals surface area contributed by atoms with Gasteiger partial charge in [-0.15, -0.1) is 0 Å². The van der Waals surface area contributed by atoms with Gasteiger partial charge in [-0.3, -0.25) is 0 Å². The maximum Gasteiger partial charge on any atom is 0.0945 e. The van der Waals surface area contributed by atoms with Gasteiger partial charge in [-0.25, -0.2) is 0 Å². The second kappa shape index (κ2) is 6.02. The van der Waals surface area contributed by atoms with Crippen molar-refractivity contribution < 1.29 is 14.6 Å². The lowest BCUT2D eigenvalue weighted by molar-refractivity contribution is -0.101. The number of rotatable bonds is 1. The Labute approximate surface area is 140 Å². The molecule has 0 aromatic rings. The fraction of sp³-hybridized carbons (Fsp3) is 0.800. The van der Waals surface area contributed by atoms with Crippen LogP contribution in [0.25, 0.3) is 0 Å². The smallest absolute Gasteiger partial charge is 0.0945 e. The van der Waals surface area contributed by atoms with Crippen molar-refractivity contribution >= 4 is 0 Å². The van der Waals surface area contributed by atoms with Crippen molar-refractivity contribution in [3.8, 4) is 0 Å². The van der Waals surface area contributed by atoms with Gasteiger partial charge in [0, 0.05) is 12.3 Å². The number of fused-ring (bicyclic) bond motifs is 3. The summed E-state index contributed by atoms with van der Waals surface area (Å²) in [7, 11) is 0. The zero-order chi connectivity index (χ0) is 16.8. The summed E-state index contributed by atoms with van der Waals surface area (Å²) in [6, 6.07) is 0. The van der Waals surface area contributed by atoms with Crippen LogP contribution < -0.4 is 0 Å². The molecule has 3 heteroatoms. The molecule has 2 fully saturated rings. The molecule has 6 unspecified atom stereocenters. The van der Waals surface area contributed by atoms with E-state index in [4.69, 9.17) is 9.47 Å². The molecule has 0 saturated carbocycles. The van der Waals surface area contributed by atoms with Crippen molar-refractivity contribution in [1.82, 2.24) is 0 Å². The minimum absolute atomic E-state index is 0.0621. The standard InChI is InChI=1S/C20H32O3/c1-13(2)15-11-18-19(4,21)10-6-7-14(3)8-9-17-20(5,23-17)12-16(15)22-18/h7,15-18,21H,1,6,8-12H2,2-5H3. The van der Waals surface area contributed by atoms with Gasteiger partial charge in [-0.05, 0) is 59.8 Å². The highest BCUT2D eigenvalue weighted by Crippen LogP contribution is 2.48. The molecule has 0 aromatic carbocycles. The largest absolute Gasteiger partial charge is 0.387 e. The second-order valence-electron chi connectivity index (χ2n) is 8.46. The molecule has 2 saturated heterocycles. The van der Waals surface area contributed by atoms with E-state index in [1.807, 2.05) is 6.92 Å². The summed E-state index contributed by atoms with van der Waals surface area (Å²) >= 11 is 0. The van der Waals surface area contributed by atoms with Crippen LogP contribution in [0, 0.1) is 5.92 Å². The molecule has 0 spiro atoms. The molecule has 3 aliphatic rings. The Morgan fingerprint density at radius 3 is 2.78 bits per heavy atom. The maximum atomic E-state index is 10.9. The monoisotopic (exact) mass is 320 g/mol. The molecule has 130 valence electrons. The molecule has 23 heavy (non-hydrogen) atoms. The first kappa shape index (κ1) is 17.2. The maximum absolute atomic E-state index is 10.9. The van der Waals surface area contributed by atoms with Crippen molar-refractivity contribution in [2.24, 2.45) is 5.92 Å². The van der Waals surface area contributed by atoms with Crippen molar-refractivity contribution in [3.63, 3.8) is 0 Å². The molecular weight excluding hydrogens is 288 g/mol. The van der Waals surface area contributed by atoms with Crippen LogP contribution in [0.4, 0.5) is 0 Å². The van der Waals surface area contributed by atoms with Crippen molar-refractivity contribution in [2.75, 3.05) is 0 Å². The highest BCUT2D eigenvalue weighted by Gasteiger charge is 2.55. The van der Waals surface area contributed by atoms with E-state index in [-0.39, 0.29) is 17.8 Å². The third-order valence-electron chi connectivity index (χ3n) is 6.17. The predicted octanol–water partition coefficient (Wildman–Crippen LogP) is 4.16. The number of epoxide rings is 1. The first-order chi connectivity index (χ1) is 10.7. The Kier molecular flexibility index (Phi) is 4.50.